The molecule has 3 aromatic carbocycles. The van der Waals surface area contributed by atoms with E-state index >= 15 is 0 Å². The Labute approximate surface area is 189 Å². The van der Waals surface area contributed by atoms with Gasteiger partial charge in [-0.2, -0.15) is 4.98 Å². The van der Waals surface area contributed by atoms with Crippen molar-refractivity contribution in [3.63, 3.8) is 0 Å². The number of anilines is 1. The number of benzene rings is 3. The zero-order valence-electron chi connectivity index (χ0n) is 18.8. The summed E-state index contributed by atoms with van der Waals surface area (Å²) in [6.45, 7) is 5.82. The number of fused-ring (bicyclic) bond motifs is 1. The van der Waals surface area contributed by atoms with E-state index in [1.807, 2.05) is 74.5 Å². The molecular weight excluding hydrogens is 404 g/mol. The summed E-state index contributed by atoms with van der Waals surface area (Å²) in [5.41, 5.74) is 2.55. The third-order valence-corrected chi connectivity index (χ3v) is 4.74. The highest BCUT2D eigenvalue weighted by atomic mass is 16.5. The second kappa shape index (κ2) is 11.6. The number of aromatic nitrogens is 1. The summed E-state index contributed by atoms with van der Waals surface area (Å²) in [4.78, 5) is 6.69. The molecule has 0 saturated carbocycles. The zero-order chi connectivity index (χ0) is 22.8. The highest BCUT2D eigenvalue weighted by Crippen LogP contribution is 2.24. The van der Waals surface area contributed by atoms with Crippen LogP contribution in [-0.4, -0.2) is 30.4 Å². The fourth-order valence-electron chi connectivity index (χ4n) is 3.23. The van der Waals surface area contributed by atoms with Crippen molar-refractivity contribution >= 4 is 17.1 Å². The van der Waals surface area contributed by atoms with E-state index in [0.29, 0.717) is 25.7 Å². The zero-order valence-corrected chi connectivity index (χ0v) is 18.8. The van der Waals surface area contributed by atoms with E-state index in [0.717, 1.165) is 34.6 Å². The highest BCUT2D eigenvalue weighted by Gasteiger charge is 2.15. The minimum absolute atomic E-state index is 0.243. The molecule has 0 aliphatic heterocycles. The van der Waals surface area contributed by atoms with Crippen LogP contribution in [0.2, 0.25) is 0 Å². The predicted octanol–water partition coefficient (Wildman–Crippen LogP) is 6.04. The summed E-state index contributed by atoms with van der Waals surface area (Å²) in [7, 11) is 1.64. The van der Waals surface area contributed by atoms with Crippen LogP contribution in [0.1, 0.15) is 25.8 Å². The second-order valence-electron chi connectivity index (χ2n) is 6.93. The van der Waals surface area contributed by atoms with Crippen molar-refractivity contribution in [1.29, 1.82) is 0 Å². The Balaban J connectivity index is 0.00000141. The molecule has 0 unspecified atom stereocenters. The van der Waals surface area contributed by atoms with E-state index in [1.54, 1.807) is 19.2 Å². The van der Waals surface area contributed by atoms with Crippen molar-refractivity contribution in [3.05, 3.63) is 78.4 Å². The van der Waals surface area contributed by atoms with E-state index in [9.17, 15) is 5.11 Å². The quantitative estimate of drug-likeness (QED) is 0.324. The van der Waals surface area contributed by atoms with Gasteiger partial charge in [0.2, 0.25) is 0 Å². The number of hydrogen-bond acceptors (Lipinski definition) is 6. The van der Waals surface area contributed by atoms with Crippen molar-refractivity contribution in [2.75, 3.05) is 25.2 Å². The summed E-state index contributed by atoms with van der Waals surface area (Å²) >= 11 is 0. The molecule has 0 aliphatic rings. The lowest BCUT2D eigenvalue weighted by Crippen LogP contribution is -2.25. The van der Waals surface area contributed by atoms with Crippen LogP contribution in [-0.2, 0) is 6.54 Å². The maximum atomic E-state index is 9.80. The van der Waals surface area contributed by atoms with Gasteiger partial charge in [-0.15, -0.1) is 0 Å². The molecule has 4 rings (SSSR count). The first-order chi connectivity index (χ1) is 15.7. The van der Waals surface area contributed by atoms with Gasteiger partial charge in [0.1, 0.15) is 22.8 Å². The average molecular weight is 435 g/mol. The third-order valence-electron chi connectivity index (χ3n) is 4.74. The maximum Gasteiger partial charge on any atom is 0.298 e. The van der Waals surface area contributed by atoms with Crippen molar-refractivity contribution < 1.29 is 19.0 Å². The molecule has 0 fully saturated rings. The Morgan fingerprint density at radius 3 is 2.41 bits per heavy atom. The molecule has 0 spiro atoms. The number of ether oxygens (including phenoxy) is 2. The lowest BCUT2D eigenvalue weighted by atomic mass is 10.2. The molecule has 168 valence electrons. The van der Waals surface area contributed by atoms with Gasteiger partial charge in [0.25, 0.3) is 6.01 Å². The van der Waals surface area contributed by atoms with Crippen LogP contribution in [0.15, 0.2) is 77.2 Å². The fourth-order valence-corrected chi connectivity index (χ4v) is 3.23. The lowest BCUT2D eigenvalue weighted by Gasteiger charge is -2.21. The largest absolute Gasteiger partial charge is 0.508 e. The van der Waals surface area contributed by atoms with Gasteiger partial charge < -0.3 is 23.9 Å². The first kappa shape index (κ1) is 23.0. The van der Waals surface area contributed by atoms with Crippen LogP contribution in [0.3, 0.4) is 0 Å². The smallest absolute Gasteiger partial charge is 0.298 e. The van der Waals surface area contributed by atoms with Crippen molar-refractivity contribution in [3.8, 4) is 17.2 Å². The number of para-hydroxylation sites is 2. The number of oxazole rings is 1. The van der Waals surface area contributed by atoms with Gasteiger partial charge in [-0.1, -0.05) is 38.1 Å². The van der Waals surface area contributed by atoms with Crippen LogP contribution < -0.4 is 14.4 Å². The molecule has 0 bridgehead atoms. The molecule has 0 saturated heterocycles. The molecular formula is C26H30N2O4. The van der Waals surface area contributed by atoms with Crippen molar-refractivity contribution in [1.82, 2.24) is 4.98 Å². The lowest BCUT2D eigenvalue weighted by molar-refractivity contribution is 0.309. The molecule has 6 heteroatoms. The monoisotopic (exact) mass is 434 g/mol. The van der Waals surface area contributed by atoms with Crippen LogP contribution in [0.4, 0.5) is 6.01 Å². The standard InChI is InChI=1S/C24H24N2O4.C2H6/c1-28-20-10-12-21(13-11-20)29-15-5-14-26(17-18-6-4-7-19(27)16-18)24-25-22-8-2-3-9-23(22)30-24;1-2/h2-4,6-13,16,27H,5,14-15,17H2,1H3;1-2H3. The van der Waals surface area contributed by atoms with Crippen LogP contribution in [0.5, 0.6) is 17.2 Å². The van der Waals surface area contributed by atoms with E-state index in [2.05, 4.69) is 9.88 Å². The van der Waals surface area contributed by atoms with Gasteiger partial charge in [-0.3, -0.25) is 0 Å². The molecule has 1 N–H and O–H groups in total. The first-order valence-corrected chi connectivity index (χ1v) is 10.9. The van der Waals surface area contributed by atoms with Crippen LogP contribution in [0.25, 0.3) is 11.1 Å². The number of nitrogens with zero attached hydrogens (tertiary/aromatic N) is 2. The number of phenolic OH excluding ortho intramolecular Hbond substituents is 1. The molecule has 6 nitrogen and oxygen atoms in total. The van der Waals surface area contributed by atoms with E-state index < -0.39 is 0 Å². The van der Waals surface area contributed by atoms with Gasteiger partial charge in [0.05, 0.1) is 13.7 Å². The van der Waals surface area contributed by atoms with E-state index in [1.165, 1.54) is 0 Å². The second-order valence-corrected chi connectivity index (χ2v) is 6.93. The molecule has 4 aromatic rings. The molecule has 0 aliphatic carbocycles. The van der Waals surface area contributed by atoms with Gasteiger partial charge in [-0.05, 0) is 60.5 Å². The minimum atomic E-state index is 0.243. The first-order valence-electron chi connectivity index (χ1n) is 10.9. The third kappa shape index (κ3) is 6.17. The summed E-state index contributed by atoms with van der Waals surface area (Å²) in [6.07, 6.45) is 0.781. The Hall–Kier alpha value is -3.67. The van der Waals surface area contributed by atoms with Gasteiger partial charge in [-0.25, -0.2) is 0 Å². The molecule has 0 radical (unpaired) electrons. The number of aromatic hydroxyl groups is 1. The Morgan fingerprint density at radius 1 is 0.938 bits per heavy atom. The minimum Gasteiger partial charge on any atom is -0.508 e. The highest BCUT2D eigenvalue weighted by molar-refractivity contribution is 5.74. The molecule has 0 amide bonds. The molecule has 1 aromatic heterocycles. The summed E-state index contributed by atoms with van der Waals surface area (Å²) in [6, 6.07) is 23.0. The summed E-state index contributed by atoms with van der Waals surface area (Å²) in [5, 5.41) is 9.80. The predicted molar refractivity (Wildman–Crippen MR) is 128 cm³/mol. The van der Waals surface area contributed by atoms with Crippen LogP contribution >= 0.6 is 0 Å². The van der Waals surface area contributed by atoms with Gasteiger partial charge >= 0.3 is 0 Å². The maximum absolute atomic E-state index is 9.80. The fraction of sp³-hybridized carbons (Fsp3) is 0.269. The van der Waals surface area contributed by atoms with E-state index in [-0.39, 0.29) is 5.75 Å². The van der Waals surface area contributed by atoms with Crippen molar-refractivity contribution in [2.24, 2.45) is 0 Å². The molecule has 1 heterocycles. The number of hydrogen-bond donors (Lipinski definition) is 1. The average Bonchev–Trinajstić information content (AvgIpc) is 3.27. The van der Waals surface area contributed by atoms with Gasteiger partial charge in [0, 0.05) is 13.1 Å². The van der Waals surface area contributed by atoms with Crippen LogP contribution in [0, 0.1) is 0 Å². The SMILES string of the molecule is CC.COc1ccc(OCCCN(Cc2cccc(O)c2)c2nc3ccccc3o2)cc1. The topological polar surface area (TPSA) is 68.0 Å². The number of phenols is 1. The Kier molecular flexibility index (Phi) is 8.37. The molecule has 32 heavy (non-hydrogen) atoms. The summed E-state index contributed by atoms with van der Waals surface area (Å²) < 4.78 is 17.0. The number of methoxy groups -OCH3 is 1. The van der Waals surface area contributed by atoms with Crippen molar-refractivity contribution in [2.45, 2.75) is 26.8 Å². The normalized spacial score (nSPS) is 10.3. The Bertz CT molecular complexity index is 1060. The van der Waals surface area contributed by atoms with Gasteiger partial charge in [0.15, 0.2) is 5.58 Å². The Morgan fingerprint density at radius 2 is 1.69 bits per heavy atom. The van der Waals surface area contributed by atoms with E-state index in [4.69, 9.17) is 13.9 Å². The number of rotatable bonds is 9. The molecule has 0 atom stereocenters. The summed E-state index contributed by atoms with van der Waals surface area (Å²) in [5.74, 6) is 1.85.